The Morgan fingerprint density at radius 3 is 2.41 bits per heavy atom. The molecule has 2 aromatic rings. The van der Waals surface area contributed by atoms with Gasteiger partial charge in [0.15, 0.2) is 0 Å². The Morgan fingerprint density at radius 1 is 1.05 bits per heavy atom. The van der Waals surface area contributed by atoms with E-state index >= 15 is 0 Å². The molecular weight excluding hydrogens is 274 g/mol. The predicted octanol–water partition coefficient (Wildman–Crippen LogP) is 2.87. The van der Waals surface area contributed by atoms with Crippen molar-refractivity contribution in [2.24, 2.45) is 0 Å². The van der Waals surface area contributed by atoms with Crippen LogP contribution in [0.15, 0.2) is 35.1 Å². The lowest BCUT2D eigenvalue weighted by atomic mass is 10.0. The molecule has 0 aliphatic rings. The molecule has 118 valence electrons. The molecule has 4 heteroatoms. The van der Waals surface area contributed by atoms with E-state index in [-0.39, 0.29) is 5.56 Å². The van der Waals surface area contributed by atoms with Crippen LogP contribution in [0.4, 0.5) is 0 Å². The van der Waals surface area contributed by atoms with Gasteiger partial charge in [0.1, 0.15) is 0 Å². The zero-order chi connectivity index (χ0) is 16.1. The first-order valence-electron chi connectivity index (χ1n) is 7.93. The standard InChI is InChI=1S/C18H25N3O/c1-5-20(6-2)11-12-21-18(22)10-9-17(19-21)16-8-7-14(3)15(4)13-16/h7-10,13H,5-6,11-12H2,1-4H3. The van der Waals surface area contributed by atoms with Crippen molar-refractivity contribution in [2.45, 2.75) is 34.2 Å². The molecule has 0 aliphatic carbocycles. The van der Waals surface area contributed by atoms with Gasteiger partial charge in [-0.1, -0.05) is 26.0 Å². The van der Waals surface area contributed by atoms with Gasteiger partial charge >= 0.3 is 0 Å². The first kappa shape index (κ1) is 16.4. The molecule has 1 aromatic heterocycles. The highest BCUT2D eigenvalue weighted by Gasteiger charge is 2.06. The van der Waals surface area contributed by atoms with Crippen molar-refractivity contribution >= 4 is 0 Å². The SMILES string of the molecule is CCN(CC)CCn1nc(-c2ccc(C)c(C)c2)ccc1=O. The monoisotopic (exact) mass is 299 g/mol. The maximum Gasteiger partial charge on any atom is 0.266 e. The van der Waals surface area contributed by atoms with E-state index in [0.717, 1.165) is 30.9 Å². The fraction of sp³-hybridized carbons (Fsp3) is 0.444. The third-order valence-corrected chi connectivity index (χ3v) is 4.19. The molecule has 0 saturated heterocycles. The Kier molecular flexibility index (Phi) is 5.50. The number of rotatable bonds is 6. The van der Waals surface area contributed by atoms with Gasteiger partial charge in [0.25, 0.3) is 5.56 Å². The number of aryl methyl sites for hydroxylation is 2. The summed E-state index contributed by atoms with van der Waals surface area (Å²) in [6, 6.07) is 9.69. The molecule has 0 bridgehead atoms. The average molecular weight is 299 g/mol. The molecule has 0 N–H and O–H groups in total. The first-order chi connectivity index (χ1) is 10.5. The van der Waals surface area contributed by atoms with E-state index in [4.69, 9.17) is 0 Å². The molecule has 0 atom stereocenters. The van der Waals surface area contributed by atoms with Crippen LogP contribution >= 0.6 is 0 Å². The van der Waals surface area contributed by atoms with Crippen LogP contribution in [0, 0.1) is 13.8 Å². The quantitative estimate of drug-likeness (QED) is 0.823. The summed E-state index contributed by atoms with van der Waals surface area (Å²) in [6.07, 6.45) is 0. The van der Waals surface area contributed by atoms with Crippen molar-refractivity contribution in [3.63, 3.8) is 0 Å². The fourth-order valence-electron chi connectivity index (χ4n) is 2.44. The number of nitrogens with zero attached hydrogens (tertiary/aromatic N) is 3. The van der Waals surface area contributed by atoms with E-state index in [2.05, 4.69) is 55.9 Å². The van der Waals surface area contributed by atoms with Crippen LogP contribution in [0.2, 0.25) is 0 Å². The zero-order valence-corrected chi connectivity index (χ0v) is 14.0. The van der Waals surface area contributed by atoms with Crippen LogP contribution in [-0.4, -0.2) is 34.3 Å². The van der Waals surface area contributed by atoms with Gasteiger partial charge in [0.05, 0.1) is 12.2 Å². The highest BCUT2D eigenvalue weighted by Crippen LogP contribution is 2.19. The Morgan fingerprint density at radius 2 is 1.77 bits per heavy atom. The van der Waals surface area contributed by atoms with Crippen molar-refractivity contribution in [1.82, 2.24) is 14.7 Å². The molecule has 0 spiro atoms. The number of aromatic nitrogens is 2. The van der Waals surface area contributed by atoms with Crippen LogP contribution in [0.3, 0.4) is 0 Å². The van der Waals surface area contributed by atoms with Crippen molar-refractivity contribution in [2.75, 3.05) is 19.6 Å². The summed E-state index contributed by atoms with van der Waals surface area (Å²) in [4.78, 5) is 14.3. The van der Waals surface area contributed by atoms with Crippen molar-refractivity contribution in [3.8, 4) is 11.3 Å². The molecule has 0 fully saturated rings. The van der Waals surface area contributed by atoms with E-state index in [1.807, 2.05) is 0 Å². The second-order valence-electron chi connectivity index (χ2n) is 5.61. The lowest BCUT2D eigenvalue weighted by Crippen LogP contribution is -2.32. The van der Waals surface area contributed by atoms with Gasteiger partial charge in [-0.15, -0.1) is 0 Å². The van der Waals surface area contributed by atoms with E-state index in [1.54, 1.807) is 16.8 Å². The molecule has 22 heavy (non-hydrogen) atoms. The second kappa shape index (κ2) is 7.36. The summed E-state index contributed by atoms with van der Waals surface area (Å²) in [7, 11) is 0. The summed E-state index contributed by atoms with van der Waals surface area (Å²) in [6.45, 7) is 11.9. The predicted molar refractivity (Wildman–Crippen MR) is 91.2 cm³/mol. The molecule has 1 aromatic carbocycles. The minimum Gasteiger partial charge on any atom is -0.302 e. The summed E-state index contributed by atoms with van der Waals surface area (Å²) < 4.78 is 1.57. The molecule has 0 aliphatic heterocycles. The van der Waals surface area contributed by atoms with Gasteiger partial charge in [-0.25, -0.2) is 4.68 Å². The van der Waals surface area contributed by atoms with Gasteiger partial charge in [0, 0.05) is 18.2 Å². The average Bonchev–Trinajstić information content (AvgIpc) is 2.52. The number of likely N-dealkylation sites (N-methyl/N-ethyl adjacent to an activating group) is 1. The molecule has 4 nitrogen and oxygen atoms in total. The maximum absolute atomic E-state index is 12.0. The molecule has 1 heterocycles. The zero-order valence-electron chi connectivity index (χ0n) is 14.0. The molecule has 2 rings (SSSR count). The van der Waals surface area contributed by atoms with Crippen molar-refractivity contribution in [1.29, 1.82) is 0 Å². The van der Waals surface area contributed by atoms with Crippen LogP contribution in [0.5, 0.6) is 0 Å². The lowest BCUT2D eigenvalue weighted by molar-refractivity contribution is 0.283. The topological polar surface area (TPSA) is 38.1 Å². The Bertz CT molecular complexity index is 687. The molecular formula is C18H25N3O. The highest BCUT2D eigenvalue weighted by molar-refractivity contribution is 5.60. The minimum atomic E-state index is -0.0419. The van der Waals surface area contributed by atoms with Crippen LogP contribution in [0.25, 0.3) is 11.3 Å². The Labute approximate surface area is 132 Å². The van der Waals surface area contributed by atoms with Crippen LogP contribution in [0.1, 0.15) is 25.0 Å². The normalized spacial score (nSPS) is 11.1. The van der Waals surface area contributed by atoms with Gasteiger partial charge in [-0.2, -0.15) is 5.10 Å². The van der Waals surface area contributed by atoms with E-state index in [1.165, 1.54) is 11.1 Å². The Balaban J connectivity index is 2.26. The smallest absolute Gasteiger partial charge is 0.266 e. The van der Waals surface area contributed by atoms with Gasteiger partial charge in [0.2, 0.25) is 0 Å². The van der Waals surface area contributed by atoms with Gasteiger partial charge < -0.3 is 4.90 Å². The molecule has 0 amide bonds. The fourth-order valence-corrected chi connectivity index (χ4v) is 2.44. The van der Waals surface area contributed by atoms with Gasteiger partial charge in [-0.05, 0) is 50.2 Å². The van der Waals surface area contributed by atoms with E-state index < -0.39 is 0 Å². The highest BCUT2D eigenvalue weighted by atomic mass is 16.1. The molecule has 0 unspecified atom stereocenters. The second-order valence-corrected chi connectivity index (χ2v) is 5.61. The third-order valence-electron chi connectivity index (χ3n) is 4.19. The Hall–Kier alpha value is -1.94. The number of hydrogen-bond acceptors (Lipinski definition) is 3. The van der Waals surface area contributed by atoms with Crippen LogP contribution < -0.4 is 5.56 Å². The molecule has 0 saturated carbocycles. The summed E-state index contributed by atoms with van der Waals surface area (Å²) in [5.41, 5.74) is 4.36. The van der Waals surface area contributed by atoms with Crippen LogP contribution in [-0.2, 0) is 6.54 Å². The summed E-state index contributed by atoms with van der Waals surface area (Å²) >= 11 is 0. The number of hydrogen-bond donors (Lipinski definition) is 0. The lowest BCUT2D eigenvalue weighted by Gasteiger charge is -2.18. The summed E-state index contributed by atoms with van der Waals surface area (Å²) in [5, 5.41) is 4.53. The molecule has 0 radical (unpaired) electrons. The first-order valence-corrected chi connectivity index (χ1v) is 7.93. The van der Waals surface area contributed by atoms with Crippen molar-refractivity contribution in [3.05, 3.63) is 51.8 Å². The summed E-state index contributed by atoms with van der Waals surface area (Å²) in [5.74, 6) is 0. The maximum atomic E-state index is 12.0. The van der Waals surface area contributed by atoms with Crippen molar-refractivity contribution < 1.29 is 0 Å². The van der Waals surface area contributed by atoms with E-state index in [9.17, 15) is 4.79 Å². The van der Waals surface area contributed by atoms with Gasteiger partial charge in [-0.3, -0.25) is 4.79 Å². The number of benzene rings is 1. The minimum absolute atomic E-state index is 0.0419. The third kappa shape index (κ3) is 3.83. The van der Waals surface area contributed by atoms with E-state index in [0.29, 0.717) is 6.54 Å². The largest absolute Gasteiger partial charge is 0.302 e.